The van der Waals surface area contributed by atoms with Gasteiger partial charge in [0.25, 0.3) is 0 Å². The van der Waals surface area contributed by atoms with Crippen molar-refractivity contribution in [2.45, 2.75) is 6.92 Å². The Morgan fingerprint density at radius 2 is 1.16 bits per heavy atom. The molecule has 3 aromatic carbocycles. The Hall–Kier alpha value is -3.26. The van der Waals surface area contributed by atoms with E-state index in [4.69, 9.17) is 0 Å². The van der Waals surface area contributed by atoms with Crippen LogP contribution in [0.2, 0.25) is 0 Å². The zero-order valence-electron chi connectivity index (χ0n) is 14.0. The molecule has 0 radical (unpaired) electrons. The standard InChI is InChI=1S/C23H18O2/c1-17-12-14-18(15-13-17)21(23(25)20-10-6-3-7-11-20)16-22(24)19-8-4-2-5-9-19/h2-16H,1H3/b21-16+. The van der Waals surface area contributed by atoms with E-state index in [1.165, 1.54) is 6.08 Å². The van der Waals surface area contributed by atoms with Gasteiger partial charge < -0.3 is 0 Å². The molecule has 0 aliphatic carbocycles. The van der Waals surface area contributed by atoms with Gasteiger partial charge in [0.2, 0.25) is 0 Å². The normalized spacial score (nSPS) is 11.2. The van der Waals surface area contributed by atoms with Gasteiger partial charge in [-0.25, -0.2) is 0 Å². The number of allylic oxidation sites excluding steroid dienone is 2. The molecule has 0 aromatic heterocycles. The van der Waals surface area contributed by atoms with Crippen LogP contribution in [0.1, 0.15) is 31.8 Å². The number of rotatable bonds is 5. The van der Waals surface area contributed by atoms with Crippen molar-refractivity contribution in [1.82, 2.24) is 0 Å². The van der Waals surface area contributed by atoms with Crippen LogP contribution in [-0.2, 0) is 0 Å². The Balaban J connectivity index is 2.06. The van der Waals surface area contributed by atoms with Crippen molar-refractivity contribution in [1.29, 1.82) is 0 Å². The number of aryl methyl sites for hydroxylation is 1. The van der Waals surface area contributed by atoms with Crippen molar-refractivity contribution in [3.8, 4) is 0 Å². The third kappa shape index (κ3) is 3.99. The molecule has 3 rings (SSSR count). The number of Topliss-reactive ketones (excluding diaryl/α,β-unsaturated/α-hetero) is 1. The molecule has 3 aromatic rings. The first-order valence-electron chi connectivity index (χ1n) is 8.13. The van der Waals surface area contributed by atoms with Gasteiger partial charge in [-0.15, -0.1) is 0 Å². The number of carbonyl (C=O) groups is 2. The first-order chi connectivity index (χ1) is 12.1. The average Bonchev–Trinajstić information content (AvgIpc) is 2.67. The molecule has 25 heavy (non-hydrogen) atoms. The van der Waals surface area contributed by atoms with Crippen LogP contribution in [0.3, 0.4) is 0 Å². The predicted octanol–water partition coefficient (Wildman–Crippen LogP) is 5.14. The molecule has 0 spiro atoms. The summed E-state index contributed by atoms with van der Waals surface area (Å²) < 4.78 is 0. The number of hydrogen-bond acceptors (Lipinski definition) is 2. The molecular weight excluding hydrogens is 308 g/mol. The molecule has 2 heteroatoms. The zero-order chi connectivity index (χ0) is 17.6. The molecule has 122 valence electrons. The average molecular weight is 326 g/mol. The van der Waals surface area contributed by atoms with Crippen molar-refractivity contribution >= 4 is 17.1 Å². The maximum Gasteiger partial charge on any atom is 0.193 e. The number of ketones is 2. The second-order valence-corrected chi connectivity index (χ2v) is 5.85. The second-order valence-electron chi connectivity index (χ2n) is 5.85. The van der Waals surface area contributed by atoms with Crippen LogP contribution in [0, 0.1) is 6.92 Å². The molecule has 0 saturated heterocycles. The highest BCUT2D eigenvalue weighted by atomic mass is 16.1. The monoisotopic (exact) mass is 326 g/mol. The molecule has 0 N–H and O–H groups in total. The molecule has 0 atom stereocenters. The molecule has 2 nitrogen and oxygen atoms in total. The fraction of sp³-hybridized carbons (Fsp3) is 0.0435. The van der Waals surface area contributed by atoms with E-state index >= 15 is 0 Å². The summed E-state index contributed by atoms with van der Waals surface area (Å²) in [6.45, 7) is 1.99. The largest absolute Gasteiger partial charge is 0.289 e. The van der Waals surface area contributed by atoms with Gasteiger partial charge in [-0.3, -0.25) is 9.59 Å². The van der Waals surface area contributed by atoms with Gasteiger partial charge in [-0.05, 0) is 18.6 Å². The molecular formula is C23H18O2. The van der Waals surface area contributed by atoms with Crippen LogP contribution in [-0.4, -0.2) is 11.6 Å². The smallest absolute Gasteiger partial charge is 0.193 e. The summed E-state index contributed by atoms with van der Waals surface area (Å²) in [4.78, 5) is 25.6. The van der Waals surface area contributed by atoms with Crippen LogP contribution in [0.5, 0.6) is 0 Å². The number of carbonyl (C=O) groups excluding carboxylic acids is 2. The molecule has 0 heterocycles. The highest BCUT2D eigenvalue weighted by Crippen LogP contribution is 2.21. The second kappa shape index (κ2) is 7.54. The highest BCUT2D eigenvalue weighted by Gasteiger charge is 2.16. The minimum atomic E-state index is -0.180. The van der Waals surface area contributed by atoms with Crippen molar-refractivity contribution in [2.24, 2.45) is 0 Å². The van der Waals surface area contributed by atoms with Crippen molar-refractivity contribution in [3.05, 3.63) is 113 Å². The molecule has 0 fully saturated rings. The third-order valence-corrected chi connectivity index (χ3v) is 3.98. The van der Waals surface area contributed by atoms with Gasteiger partial charge in [0.15, 0.2) is 11.6 Å². The lowest BCUT2D eigenvalue weighted by Crippen LogP contribution is -2.06. The van der Waals surface area contributed by atoms with E-state index in [0.717, 1.165) is 11.1 Å². The van der Waals surface area contributed by atoms with E-state index < -0.39 is 0 Å². The summed E-state index contributed by atoms with van der Waals surface area (Å²) in [5, 5.41) is 0. The van der Waals surface area contributed by atoms with Crippen LogP contribution in [0.25, 0.3) is 5.57 Å². The van der Waals surface area contributed by atoms with E-state index in [0.29, 0.717) is 16.7 Å². The van der Waals surface area contributed by atoms with Crippen LogP contribution >= 0.6 is 0 Å². The number of hydrogen-bond donors (Lipinski definition) is 0. The SMILES string of the molecule is Cc1ccc(/C(=C\C(=O)c2ccccc2)C(=O)c2ccccc2)cc1. The third-order valence-electron chi connectivity index (χ3n) is 3.98. The molecule has 0 saturated carbocycles. The molecule has 0 aliphatic rings. The van der Waals surface area contributed by atoms with Crippen molar-refractivity contribution in [3.63, 3.8) is 0 Å². The topological polar surface area (TPSA) is 34.1 Å². The summed E-state index contributed by atoms with van der Waals surface area (Å²) in [5.74, 6) is -0.339. The molecule has 0 unspecified atom stereocenters. The van der Waals surface area contributed by atoms with E-state index in [2.05, 4.69) is 0 Å². The number of benzene rings is 3. The molecule has 0 amide bonds. The Morgan fingerprint density at radius 1 is 0.640 bits per heavy atom. The fourth-order valence-electron chi connectivity index (χ4n) is 2.57. The minimum absolute atomic E-state index is 0.159. The van der Waals surface area contributed by atoms with E-state index in [1.807, 2.05) is 67.6 Å². The Kier molecular flexibility index (Phi) is 5.00. The quantitative estimate of drug-likeness (QED) is 0.480. The van der Waals surface area contributed by atoms with Crippen molar-refractivity contribution in [2.75, 3.05) is 0 Å². The van der Waals surface area contributed by atoms with Crippen molar-refractivity contribution < 1.29 is 9.59 Å². The lowest BCUT2D eigenvalue weighted by Gasteiger charge is -2.08. The lowest BCUT2D eigenvalue weighted by molar-refractivity contribution is 0.102. The minimum Gasteiger partial charge on any atom is -0.289 e. The van der Waals surface area contributed by atoms with Gasteiger partial charge in [-0.2, -0.15) is 0 Å². The predicted molar refractivity (Wildman–Crippen MR) is 101 cm³/mol. The summed E-state index contributed by atoms with van der Waals surface area (Å²) in [6.07, 6.45) is 1.44. The first kappa shape index (κ1) is 16.6. The van der Waals surface area contributed by atoms with Gasteiger partial charge in [-0.1, -0.05) is 90.5 Å². The maximum atomic E-state index is 13.0. The summed E-state index contributed by atoms with van der Waals surface area (Å²) in [6, 6.07) is 25.6. The summed E-state index contributed by atoms with van der Waals surface area (Å²) >= 11 is 0. The van der Waals surface area contributed by atoms with E-state index in [-0.39, 0.29) is 11.6 Å². The first-order valence-corrected chi connectivity index (χ1v) is 8.13. The van der Waals surface area contributed by atoms with Crippen LogP contribution in [0.15, 0.2) is 91.0 Å². The van der Waals surface area contributed by atoms with Crippen LogP contribution in [0.4, 0.5) is 0 Å². The van der Waals surface area contributed by atoms with E-state index in [9.17, 15) is 9.59 Å². The Labute approximate surface area is 147 Å². The summed E-state index contributed by atoms with van der Waals surface area (Å²) in [5.41, 5.74) is 3.37. The van der Waals surface area contributed by atoms with E-state index in [1.54, 1.807) is 24.3 Å². The maximum absolute atomic E-state index is 13.0. The zero-order valence-corrected chi connectivity index (χ0v) is 14.0. The van der Waals surface area contributed by atoms with Crippen LogP contribution < -0.4 is 0 Å². The van der Waals surface area contributed by atoms with Gasteiger partial charge >= 0.3 is 0 Å². The molecule has 0 aliphatic heterocycles. The fourth-order valence-corrected chi connectivity index (χ4v) is 2.57. The lowest BCUT2D eigenvalue weighted by atomic mass is 9.94. The molecule has 0 bridgehead atoms. The Morgan fingerprint density at radius 3 is 1.72 bits per heavy atom. The Bertz CT molecular complexity index is 905. The van der Waals surface area contributed by atoms with Gasteiger partial charge in [0.05, 0.1) is 0 Å². The van der Waals surface area contributed by atoms with Gasteiger partial charge in [0.1, 0.15) is 0 Å². The highest BCUT2D eigenvalue weighted by molar-refractivity contribution is 6.32. The van der Waals surface area contributed by atoms with Gasteiger partial charge in [0, 0.05) is 16.7 Å². The summed E-state index contributed by atoms with van der Waals surface area (Å²) in [7, 11) is 0.